The van der Waals surface area contributed by atoms with Gasteiger partial charge in [-0.3, -0.25) is 14.5 Å². The molecule has 2 saturated heterocycles. The van der Waals surface area contributed by atoms with E-state index in [0.717, 1.165) is 0 Å². The highest BCUT2D eigenvalue weighted by molar-refractivity contribution is 7.89. The van der Waals surface area contributed by atoms with Crippen molar-refractivity contribution in [3.05, 3.63) is 54.4 Å². The van der Waals surface area contributed by atoms with E-state index in [9.17, 15) is 27.9 Å². The van der Waals surface area contributed by atoms with Crippen molar-refractivity contribution >= 4 is 38.9 Å². The number of aliphatic hydroxyl groups excluding tert-OH is 1. The molecular formula is C37H52N6O9S. The van der Waals surface area contributed by atoms with E-state index in [0.29, 0.717) is 75.3 Å². The lowest BCUT2D eigenvalue weighted by atomic mass is 10.0. The first kappa shape index (κ1) is 39.9. The number of fused-ring (bicyclic) bond motifs is 1. The summed E-state index contributed by atoms with van der Waals surface area (Å²) in [5.41, 5.74) is -0.0460. The number of amides is 3. The van der Waals surface area contributed by atoms with Crippen molar-refractivity contribution in [2.75, 3.05) is 52.4 Å². The zero-order valence-electron chi connectivity index (χ0n) is 31.1. The monoisotopic (exact) mass is 756 g/mol. The summed E-state index contributed by atoms with van der Waals surface area (Å²) in [6.07, 6.45) is 1.02. The van der Waals surface area contributed by atoms with Gasteiger partial charge in [0.15, 0.2) is 10.8 Å². The Bertz CT molecular complexity index is 1820. The second kappa shape index (κ2) is 17.3. The van der Waals surface area contributed by atoms with Gasteiger partial charge in [0.2, 0.25) is 5.91 Å². The highest BCUT2D eigenvalue weighted by atomic mass is 32.2. The van der Waals surface area contributed by atoms with Gasteiger partial charge in [-0.15, -0.1) is 0 Å². The van der Waals surface area contributed by atoms with Crippen LogP contribution in [0.2, 0.25) is 0 Å². The lowest BCUT2D eigenvalue weighted by Gasteiger charge is -2.35. The molecule has 53 heavy (non-hydrogen) atoms. The van der Waals surface area contributed by atoms with Crippen LogP contribution in [0.4, 0.5) is 4.79 Å². The highest BCUT2D eigenvalue weighted by Crippen LogP contribution is 2.25. The van der Waals surface area contributed by atoms with Gasteiger partial charge < -0.3 is 34.5 Å². The van der Waals surface area contributed by atoms with E-state index >= 15 is 0 Å². The van der Waals surface area contributed by atoms with Crippen LogP contribution in [-0.4, -0.2) is 127 Å². The number of nitrogens with one attached hydrogen (secondary N) is 2. The van der Waals surface area contributed by atoms with Crippen LogP contribution in [0, 0.1) is 5.92 Å². The largest absolute Gasteiger partial charge is 0.492 e. The first-order valence-electron chi connectivity index (χ1n) is 18.2. The number of carbonyl (C=O) groups is 3. The number of pyridine rings is 1. The minimum atomic E-state index is -3.92. The van der Waals surface area contributed by atoms with E-state index in [1.165, 1.54) is 16.6 Å². The van der Waals surface area contributed by atoms with Crippen molar-refractivity contribution in [3.63, 3.8) is 0 Å². The Hall–Kier alpha value is -4.25. The Morgan fingerprint density at radius 1 is 1.06 bits per heavy atom. The van der Waals surface area contributed by atoms with Crippen molar-refractivity contribution in [3.8, 4) is 5.75 Å². The third-order valence-corrected chi connectivity index (χ3v) is 10.9. The summed E-state index contributed by atoms with van der Waals surface area (Å²) < 4.78 is 44.8. The summed E-state index contributed by atoms with van der Waals surface area (Å²) in [4.78, 5) is 47.2. The van der Waals surface area contributed by atoms with Crippen LogP contribution >= 0.6 is 0 Å². The molecule has 0 aliphatic carbocycles. The van der Waals surface area contributed by atoms with Gasteiger partial charge in [-0.1, -0.05) is 19.9 Å². The molecule has 0 saturated carbocycles. The van der Waals surface area contributed by atoms with Gasteiger partial charge >= 0.3 is 6.09 Å². The van der Waals surface area contributed by atoms with E-state index in [-0.39, 0.29) is 35.9 Å². The molecule has 4 heterocycles. The lowest BCUT2D eigenvalue weighted by Crippen LogP contribution is -2.54. The van der Waals surface area contributed by atoms with E-state index in [4.69, 9.17) is 13.9 Å². The zero-order chi connectivity index (χ0) is 38.3. The normalized spacial score (nSPS) is 19.8. The van der Waals surface area contributed by atoms with Crippen LogP contribution in [-0.2, 0) is 19.6 Å². The number of sulfonamides is 1. The average Bonchev–Trinajstić information content (AvgIpc) is 3.44. The minimum absolute atomic E-state index is 0.0337. The Morgan fingerprint density at radius 3 is 2.49 bits per heavy atom. The molecule has 3 N–H and O–H groups in total. The zero-order valence-corrected chi connectivity index (χ0v) is 31.9. The van der Waals surface area contributed by atoms with Gasteiger partial charge in [0.05, 0.1) is 12.1 Å². The number of rotatable bonds is 12. The van der Waals surface area contributed by atoms with Gasteiger partial charge in [-0.05, 0) is 82.3 Å². The van der Waals surface area contributed by atoms with Crippen molar-refractivity contribution in [1.82, 2.24) is 29.7 Å². The van der Waals surface area contributed by atoms with Crippen LogP contribution in [0.25, 0.3) is 11.0 Å². The molecule has 3 unspecified atom stereocenters. The third kappa shape index (κ3) is 10.9. The third-order valence-electron chi connectivity index (χ3n) is 9.09. The predicted molar refractivity (Wildman–Crippen MR) is 197 cm³/mol. The van der Waals surface area contributed by atoms with Crippen LogP contribution in [0.1, 0.15) is 64.4 Å². The maximum atomic E-state index is 13.5. The van der Waals surface area contributed by atoms with Crippen LogP contribution in [0.3, 0.4) is 0 Å². The number of carbonyl (C=O) groups excluding carboxylic acids is 3. The molecule has 3 atom stereocenters. The molecular weight excluding hydrogens is 705 g/mol. The number of benzene rings is 1. The van der Waals surface area contributed by atoms with Crippen molar-refractivity contribution in [2.45, 2.75) is 82.7 Å². The maximum absolute atomic E-state index is 13.5. The van der Waals surface area contributed by atoms with Crippen LogP contribution < -0.4 is 15.4 Å². The smallest absolute Gasteiger partial charge is 0.410 e. The average molecular weight is 757 g/mol. The predicted octanol–water partition coefficient (Wildman–Crippen LogP) is 3.23. The molecule has 15 nitrogen and oxygen atoms in total. The molecule has 2 aliphatic heterocycles. The summed E-state index contributed by atoms with van der Waals surface area (Å²) in [5.74, 6) is -0.345. The minimum Gasteiger partial charge on any atom is -0.492 e. The first-order chi connectivity index (χ1) is 25.1. The molecule has 0 spiro atoms. The molecule has 290 valence electrons. The standard InChI is InChI=1S/C37H52N6O9S/c1-25(2)21-29(34(45)39-28-9-8-14-43(24-30(28)44)53(48,49)33-10-6-7-13-38-33)40-35(46)32-23-26-22-27(11-12-31(26)51-32)50-20-19-41-15-17-42(18-16-41)36(47)52-37(3,4)5/h6-7,10-13,22-23,25,28-30,44H,8-9,14-21,24H2,1-5H3,(H,39,45)(H,40,46). The molecule has 0 radical (unpaired) electrons. The number of nitrogens with zero attached hydrogens (tertiary/aromatic N) is 4. The SMILES string of the molecule is CC(C)CC(NC(=O)c1cc2cc(OCCN3CCN(C(=O)OC(C)(C)C)CC3)ccc2o1)C(=O)NC1CCCN(S(=O)(=O)c2ccccn2)CC1O. The summed E-state index contributed by atoms with van der Waals surface area (Å²) in [5, 5.41) is 17.2. The Kier molecular flexibility index (Phi) is 13.0. The van der Waals surface area contributed by atoms with Gasteiger partial charge in [-0.2, -0.15) is 4.31 Å². The lowest BCUT2D eigenvalue weighted by molar-refractivity contribution is -0.125. The van der Waals surface area contributed by atoms with E-state index < -0.39 is 45.6 Å². The van der Waals surface area contributed by atoms with Gasteiger partial charge in [0.1, 0.15) is 29.6 Å². The topological polar surface area (TPSA) is 184 Å². The summed E-state index contributed by atoms with van der Waals surface area (Å²) >= 11 is 0. The molecule has 2 aromatic heterocycles. The number of ether oxygens (including phenoxy) is 2. The Morgan fingerprint density at radius 2 is 1.81 bits per heavy atom. The fourth-order valence-electron chi connectivity index (χ4n) is 6.34. The summed E-state index contributed by atoms with van der Waals surface area (Å²) in [6.45, 7) is 13.1. The quantitative estimate of drug-likeness (QED) is 0.247. The maximum Gasteiger partial charge on any atom is 0.410 e. The molecule has 3 amide bonds. The molecule has 1 aromatic carbocycles. The van der Waals surface area contributed by atoms with Gasteiger partial charge in [-0.25, -0.2) is 18.2 Å². The van der Waals surface area contributed by atoms with E-state index in [1.807, 2.05) is 34.6 Å². The second-order valence-electron chi connectivity index (χ2n) is 15.0. The fourth-order valence-corrected chi connectivity index (χ4v) is 7.77. The van der Waals surface area contributed by atoms with Gasteiger partial charge in [0.25, 0.3) is 15.9 Å². The molecule has 0 bridgehead atoms. The highest BCUT2D eigenvalue weighted by Gasteiger charge is 2.35. The number of piperazine rings is 1. The van der Waals surface area contributed by atoms with Crippen LogP contribution in [0.15, 0.2) is 58.1 Å². The number of β-amino-alcohol motifs (C(OH)–C–C–N with tert-alkyl or cyclic N) is 1. The van der Waals surface area contributed by atoms with Crippen molar-refractivity contribution in [1.29, 1.82) is 0 Å². The molecule has 5 rings (SSSR count). The first-order valence-corrected chi connectivity index (χ1v) is 19.6. The number of hydrogen-bond donors (Lipinski definition) is 3. The Labute approximate surface area is 311 Å². The summed E-state index contributed by atoms with van der Waals surface area (Å²) in [7, 11) is -3.92. The molecule has 2 fully saturated rings. The van der Waals surface area contributed by atoms with Crippen molar-refractivity contribution < 1.29 is 41.8 Å². The number of aromatic nitrogens is 1. The van der Waals surface area contributed by atoms with Crippen LogP contribution in [0.5, 0.6) is 5.75 Å². The fraction of sp³-hybridized carbons (Fsp3) is 0.568. The van der Waals surface area contributed by atoms with E-state index in [1.54, 1.807) is 41.3 Å². The number of hydrogen-bond acceptors (Lipinski definition) is 11. The Balaban J connectivity index is 1.13. The van der Waals surface area contributed by atoms with Crippen molar-refractivity contribution in [2.24, 2.45) is 5.92 Å². The molecule has 2 aliphatic rings. The van der Waals surface area contributed by atoms with E-state index in [2.05, 4.69) is 20.5 Å². The second-order valence-corrected chi connectivity index (χ2v) is 16.9. The number of furan rings is 1. The number of aliphatic hydroxyl groups is 1. The molecule has 16 heteroatoms. The van der Waals surface area contributed by atoms with Gasteiger partial charge in [0, 0.05) is 57.4 Å². The molecule has 3 aromatic rings. The summed E-state index contributed by atoms with van der Waals surface area (Å²) in [6, 6.07) is 9.85.